The molecule has 3 nitrogen and oxygen atoms in total. The number of benzene rings is 2. The summed E-state index contributed by atoms with van der Waals surface area (Å²) in [6.45, 7) is 3.04. The number of thioether (sulfide) groups is 1. The Labute approximate surface area is 169 Å². The van der Waals surface area contributed by atoms with Gasteiger partial charge in [-0.05, 0) is 30.2 Å². The van der Waals surface area contributed by atoms with Crippen LogP contribution in [0.5, 0.6) is 5.75 Å². The van der Waals surface area contributed by atoms with Gasteiger partial charge < -0.3 is 9.64 Å². The highest BCUT2D eigenvalue weighted by molar-refractivity contribution is 8.06. The van der Waals surface area contributed by atoms with E-state index in [1.54, 1.807) is 43.1 Å². The Morgan fingerprint density at radius 3 is 2.70 bits per heavy atom. The molecule has 1 aliphatic rings. The number of ketones is 1. The van der Waals surface area contributed by atoms with Gasteiger partial charge in [0.25, 0.3) is 0 Å². The van der Waals surface area contributed by atoms with Gasteiger partial charge in [-0.1, -0.05) is 67.0 Å². The number of allylic oxidation sites excluding steroid dienone is 1. The summed E-state index contributed by atoms with van der Waals surface area (Å²) in [6.07, 6.45) is 3.82. The minimum Gasteiger partial charge on any atom is -0.496 e. The number of nitrogens with zero attached hydrogens (tertiary/aromatic N) is 1. The van der Waals surface area contributed by atoms with E-state index in [2.05, 4.69) is 29.4 Å². The van der Waals surface area contributed by atoms with Crippen molar-refractivity contribution in [3.63, 3.8) is 0 Å². The molecule has 27 heavy (non-hydrogen) atoms. The molecule has 0 amide bonds. The van der Waals surface area contributed by atoms with Gasteiger partial charge in [0.05, 0.1) is 23.4 Å². The molecule has 0 saturated heterocycles. The second-order valence-electron chi connectivity index (χ2n) is 6.18. The van der Waals surface area contributed by atoms with Crippen molar-refractivity contribution >= 4 is 34.8 Å². The van der Waals surface area contributed by atoms with Crippen LogP contribution in [-0.4, -0.2) is 24.3 Å². The fourth-order valence-corrected chi connectivity index (χ4v) is 4.08. The molecule has 0 radical (unpaired) electrons. The third kappa shape index (κ3) is 4.57. The summed E-state index contributed by atoms with van der Waals surface area (Å²) < 4.78 is 5.33. The average Bonchev–Trinajstić information content (AvgIpc) is 3.09. The van der Waals surface area contributed by atoms with Crippen LogP contribution in [0.15, 0.2) is 65.0 Å². The van der Waals surface area contributed by atoms with Crippen LogP contribution < -0.4 is 4.74 Å². The van der Waals surface area contributed by atoms with Crippen LogP contribution in [0.2, 0.25) is 5.02 Å². The average molecular weight is 400 g/mol. The van der Waals surface area contributed by atoms with Crippen LogP contribution in [-0.2, 0) is 0 Å². The maximum atomic E-state index is 12.9. The first-order valence-electron chi connectivity index (χ1n) is 8.93. The van der Waals surface area contributed by atoms with Crippen molar-refractivity contribution in [3.05, 3.63) is 81.2 Å². The first-order chi connectivity index (χ1) is 13.1. The lowest BCUT2D eigenvalue weighted by Crippen LogP contribution is -2.19. The molecule has 2 aromatic rings. The Kier molecular flexibility index (Phi) is 6.64. The summed E-state index contributed by atoms with van der Waals surface area (Å²) in [5, 5.41) is 3.55. The van der Waals surface area contributed by atoms with Crippen molar-refractivity contribution in [1.29, 1.82) is 0 Å². The Morgan fingerprint density at radius 1 is 1.22 bits per heavy atom. The van der Waals surface area contributed by atoms with Crippen LogP contribution in [0.3, 0.4) is 0 Å². The van der Waals surface area contributed by atoms with Crippen molar-refractivity contribution < 1.29 is 9.53 Å². The van der Waals surface area contributed by atoms with E-state index in [-0.39, 0.29) is 5.78 Å². The van der Waals surface area contributed by atoms with Gasteiger partial charge in [0.15, 0.2) is 5.78 Å². The van der Waals surface area contributed by atoms with Crippen molar-refractivity contribution in [1.82, 2.24) is 4.90 Å². The molecular weight excluding hydrogens is 378 g/mol. The topological polar surface area (TPSA) is 29.5 Å². The van der Waals surface area contributed by atoms with Crippen molar-refractivity contribution in [2.45, 2.75) is 19.8 Å². The van der Waals surface area contributed by atoms with Gasteiger partial charge in [0.2, 0.25) is 0 Å². The summed E-state index contributed by atoms with van der Waals surface area (Å²) >= 11 is 7.66. The fraction of sp³-hybridized carbons (Fsp3) is 0.227. The lowest BCUT2D eigenvalue weighted by molar-refractivity contribution is 0.104. The zero-order valence-electron chi connectivity index (χ0n) is 15.4. The van der Waals surface area contributed by atoms with Crippen LogP contribution in [0.25, 0.3) is 5.70 Å². The van der Waals surface area contributed by atoms with Gasteiger partial charge in [-0.15, -0.1) is 0 Å². The van der Waals surface area contributed by atoms with Gasteiger partial charge in [-0.25, -0.2) is 0 Å². The SMILES string of the molecule is CCCCN1C(c2ccccc2)=CS/C1=C\C(=O)c1cc(Cl)ccc1OC. The Morgan fingerprint density at radius 2 is 2.00 bits per heavy atom. The molecule has 0 fully saturated rings. The van der Waals surface area contributed by atoms with Gasteiger partial charge in [0, 0.05) is 23.1 Å². The van der Waals surface area contributed by atoms with E-state index in [9.17, 15) is 4.79 Å². The number of rotatable bonds is 7. The molecule has 1 heterocycles. The van der Waals surface area contributed by atoms with E-state index < -0.39 is 0 Å². The van der Waals surface area contributed by atoms with E-state index in [1.807, 2.05) is 18.2 Å². The second-order valence-corrected chi connectivity index (χ2v) is 7.51. The number of hydrogen-bond donors (Lipinski definition) is 0. The number of unbranched alkanes of at least 4 members (excludes halogenated alkanes) is 1. The minimum absolute atomic E-state index is 0.110. The Bertz CT molecular complexity index is 877. The molecule has 2 aromatic carbocycles. The van der Waals surface area contributed by atoms with Crippen LogP contribution in [0.4, 0.5) is 0 Å². The van der Waals surface area contributed by atoms with E-state index >= 15 is 0 Å². The van der Waals surface area contributed by atoms with E-state index in [0.29, 0.717) is 16.3 Å². The summed E-state index contributed by atoms with van der Waals surface area (Å²) in [5.41, 5.74) is 2.75. The van der Waals surface area contributed by atoms with Gasteiger partial charge in [-0.3, -0.25) is 4.79 Å². The summed E-state index contributed by atoms with van der Waals surface area (Å²) in [6, 6.07) is 15.3. The molecule has 0 aromatic heterocycles. The van der Waals surface area contributed by atoms with E-state index in [4.69, 9.17) is 16.3 Å². The summed E-state index contributed by atoms with van der Waals surface area (Å²) in [5.74, 6) is 0.418. The number of ether oxygens (including phenoxy) is 1. The Balaban J connectivity index is 1.91. The highest BCUT2D eigenvalue weighted by Crippen LogP contribution is 2.40. The zero-order valence-corrected chi connectivity index (χ0v) is 17.0. The second kappa shape index (κ2) is 9.16. The smallest absolute Gasteiger partial charge is 0.192 e. The third-order valence-corrected chi connectivity index (χ3v) is 5.49. The lowest BCUT2D eigenvalue weighted by atomic mass is 10.1. The number of carbonyl (C=O) groups excluding carboxylic acids is 1. The van der Waals surface area contributed by atoms with Crippen molar-refractivity contribution in [2.75, 3.05) is 13.7 Å². The molecule has 0 bridgehead atoms. The first-order valence-corrected chi connectivity index (χ1v) is 10.2. The molecule has 0 aliphatic carbocycles. The highest BCUT2D eigenvalue weighted by atomic mass is 35.5. The number of halogens is 1. The summed E-state index contributed by atoms with van der Waals surface area (Å²) in [4.78, 5) is 15.1. The molecule has 5 heteroatoms. The van der Waals surface area contributed by atoms with E-state index in [0.717, 1.165) is 35.7 Å². The summed E-state index contributed by atoms with van der Waals surface area (Å²) in [7, 11) is 1.56. The standard InChI is InChI=1S/C22H22ClNO2S/c1-3-4-12-24-19(16-8-6-5-7-9-16)15-27-22(24)14-20(25)18-13-17(23)10-11-21(18)26-2/h5-11,13-15H,3-4,12H2,1-2H3/b22-14-. The molecule has 0 saturated carbocycles. The normalized spacial score (nSPS) is 15.1. The maximum absolute atomic E-state index is 12.9. The number of carbonyl (C=O) groups is 1. The van der Waals surface area contributed by atoms with Crippen LogP contribution >= 0.6 is 23.4 Å². The number of methoxy groups -OCH3 is 1. The predicted octanol–water partition coefficient (Wildman–Crippen LogP) is 6.22. The first kappa shape index (κ1) is 19.6. The molecule has 0 atom stereocenters. The zero-order chi connectivity index (χ0) is 19.2. The predicted molar refractivity (Wildman–Crippen MR) is 114 cm³/mol. The van der Waals surface area contributed by atoms with Crippen molar-refractivity contribution in [3.8, 4) is 5.75 Å². The molecule has 0 N–H and O–H groups in total. The number of hydrogen-bond acceptors (Lipinski definition) is 4. The quantitative estimate of drug-likeness (QED) is 0.408. The fourth-order valence-electron chi connectivity index (χ4n) is 2.92. The maximum Gasteiger partial charge on any atom is 0.192 e. The highest BCUT2D eigenvalue weighted by Gasteiger charge is 2.23. The van der Waals surface area contributed by atoms with Gasteiger partial charge in [0.1, 0.15) is 5.75 Å². The molecule has 1 aliphatic heterocycles. The van der Waals surface area contributed by atoms with Gasteiger partial charge in [-0.2, -0.15) is 0 Å². The van der Waals surface area contributed by atoms with Gasteiger partial charge >= 0.3 is 0 Å². The van der Waals surface area contributed by atoms with Crippen LogP contribution in [0, 0.1) is 0 Å². The lowest BCUT2D eigenvalue weighted by Gasteiger charge is -2.23. The third-order valence-electron chi connectivity index (χ3n) is 4.33. The minimum atomic E-state index is -0.110. The molecular formula is C22H22ClNO2S. The molecule has 0 unspecified atom stereocenters. The molecule has 0 spiro atoms. The molecule has 3 rings (SSSR count). The largest absolute Gasteiger partial charge is 0.496 e. The van der Waals surface area contributed by atoms with Crippen molar-refractivity contribution in [2.24, 2.45) is 0 Å². The Hall–Kier alpha value is -2.17. The molecule has 140 valence electrons. The van der Waals surface area contributed by atoms with Crippen LogP contribution in [0.1, 0.15) is 35.7 Å². The monoisotopic (exact) mass is 399 g/mol. The van der Waals surface area contributed by atoms with E-state index in [1.165, 1.54) is 0 Å².